The average molecular weight is 263 g/mol. The molecule has 1 aromatic carbocycles. The number of nitrogens with zero attached hydrogens (tertiary/aromatic N) is 1. The first-order valence-electron chi connectivity index (χ1n) is 6.84. The quantitative estimate of drug-likeness (QED) is 0.648. The van der Waals surface area contributed by atoms with Gasteiger partial charge in [0.05, 0.1) is 6.54 Å². The van der Waals surface area contributed by atoms with Crippen LogP contribution in [0.15, 0.2) is 29.3 Å². The van der Waals surface area contributed by atoms with Gasteiger partial charge in [0.15, 0.2) is 5.96 Å². The largest absolute Gasteiger partial charge is 0.370 e. The minimum Gasteiger partial charge on any atom is -0.370 e. The highest BCUT2D eigenvalue weighted by molar-refractivity contribution is 5.78. The number of hydrogen-bond donors (Lipinski definition) is 2. The lowest BCUT2D eigenvalue weighted by atomic mass is 9.64. The summed E-state index contributed by atoms with van der Waals surface area (Å²) in [6, 6.07) is 7.07. The Morgan fingerprint density at radius 1 is 1.37 bits per heavy atom. The van der Waals surface area contributed by atoms with Crippen molar-refractivity contribution in [2.75, 3.05) is 6.54 Å². The Bertz CT molecular complexity index is 447. The predicted molar refractivity (Wildman–Crippen MR) is 76.7 cm³/mol. The summed E-state index contributed by atoms with van der Waals surface area (Å²) in [5.41, 5.74) is 7.06. The first-order valence-corrected chi connectivity index (χ1v) is 6.84. The third kappa shape index (κ3) is 3.25. The Labute approximate surface area is 114 Å². The first kappa shape index (κ1) is 13.8. The third-order valence-electron chi connectivity index (χ3n) is 3.76. The maximum atomic E-state index is 13.0. The van der Waals surface area contributed by atoms with Crippen LogP contribution in [0.1, 0.15) is 38.7 Å². The zero-order valence-electron chi connectivity index (χ0n) is 11.6. The number of guanidine groups is 1. The van der Waals surface area contributed by atoms with Crippen LogP contribution in [0.5, 0.6) is 0 Å². The number of nitrogens with one attached hydrogen (secondary N) is 1. The molecule has 104 valence electrons. The zero-order valence-corrected chi connectivity index (χ0v) is 11.6. The summed E-state index contributed by atoms with van der Waals surface area (Å²) in [7, 11) is 0. The van der Waals surface area contributed by atoms with Gasteiger partial charge in [0.25, 0.3) is 0 Å². The van der Waals surface area contributed by atoms with Crippen LogP contribution in [0.3, 0.4) is 0 Å². The summed E-state index contributed by atoms with van der Waals surface area (Å²) < 4.78 is 13.0. The molecule has 3 nitrogen and oxygen atoms in total. The number of hydrogen-bond acceptors (Lipinski definition) is 1. The second kappa shape index (κ2) is 5.59. The molecule has 3 N–H and O–H groups in total. The summed E-state index contributed by atoms with van der Waals surface area (Å²) in [6.45, 7) is 4.73. The lowest BCUT2D eigenvalue weighted by Crippen LogP contribution is -2.41. The highest BCUT2D eigenvalue weighted by atomic mass is 19.1. The Morgan fingerprint density at radius 3 is 2.47 bits per heavy atom. The van der Waals surface area contributed by atoms with Crippen LogP contribution in [0, 0.1) is 5.82 Å². The minimum absolute atomic E-state index is 0.0526. The molecule has 1 saturated carbocycles. The number of aliphatic imine (C=N–C) groups is 1. The van der Waals surface area contributed by atoms with E-state index in [1.165, 1.54) is 24.1 Å². The van der Waals surface area contributed by atoms with Gasteiger partial charge in [-0.25, -0.2) is 4.39 Å². The van der Waals surface area contributed by atoms with E-state index >= 15 is 0 Å². The van der Waals surface area contributed by atoms with Crippen molar-refractivity contribution in [2.45, 2.75) is 44.6 Å². The highest BCUT2D eigenvalue weighted by Crippen LogP contribution is 2.43. The van der Waals surface area contributed by atoms with Crippen LogP contribution >= 0.6 is 0 Å². The topological polar surface area (TPSA) is 50.4 Å². The molecule has 2 rings (SSSR count). The summed E-state index contributed by atoms with van der Waals surface area (Å²) in [5, 5.41) is 3.09. The second-order valence-corrected chi connectivity index (χ2v) is 5.64. The minimum atomic E-state index is -0.192. The van der Waals surface area contributed by atoms with Gasteiger partial charge in [-0.1, -0.05) is 18.6 Å². The predicted octanol–water partition coefficient (Wildman–Crippen LogP) is 2.56. The van der Waals surface area contributed by atoms with Gasteiger partial charge >= 0.3 is 0 Å². The molecular formula is C15H22FN3. The normalized spacial score (nSPS) is 18.2. The van der Waals surface area contributed by atoms with Crippen LogP contribution in [-0.4, -0.2) is 18.5 Å². The van der Waals surface area contributed by atoms with Gasteiger partial charge < -0.3 is 11.1 Å². The number of halogens is 1. The molecule has 0 unspecified atom stereocenters. The van der Waals surface area contributed by atoms with Crippen LogP contribution in [-0.2, 0) is 5.41 Å². The van der Waals surface area contributed by atoms with Crippen molar-refractivity contribution in [1.82, 2.24) is 5.32 Å². The molecule has 1 aliphatic carbocycles. The standard InChI is InChI=1S/C15H22FN3/c1-11(2)19-14(17)18-10-15(8-3-9-15)12-4-6-13(16)7-5-12/h4-7,11H,3,8-10H2,1-2H3,(H3,17,18,19). The SMILES string of the molecule is CC(C)NC(N)=NCC1(c2ccc(F)cc2)CCC1. The zero-order chi connectivity index (χ0) is 13.9. The van der Waals surface area contributed by atoms with Crippen LogP contribution in [0.2, 0.25) is 0 Å². The highest BCUT2D eigenvalue weighted by Gasteiger charge is 2.38. The molecule has 0 aliphatic heterocycles. The average Bonchev–Trinajstić information content (AvgIpc) is 2.29. The van der Waals surface area contributed by atoms with Crippen molar-refractivity contribution in [1.29, 1.82) is 0 Å². The van der Waals surface area contributed by atoms with E-state index in [4.69, 9.17) is 5.73 Å². The molecule has 0 atom stereocenters. The molecule has 0 aromatic heterocycles. The van der Waals surface area contributed by atoms with E-state index in [2.05, 4.69) is 10.3 Å². The van der Waals surface area contributed by atoms with Crippen LogP contribution in [0.25, 0.3) is 0 Å². The fourth-order valence-corrected chi connectivity index (χ4v) is 2.52. The summed E-state index contributed by atoms with van der Waals surface area (Å²) >= 11 is 0. The van der Waals surface area contributed by atoms with Gasteiger partial charge in [-0.2, -0.15) is 0 Å². The molecule has 1 aliphatic rings. The smallest absolute Gasteiger partial charge is 0.188 e. The fourth-order valence-electron chi connectivity index (χ4n) is 2.52. The van der Waals surface area contributed by atoms with Crippen molar-refractivity contribution in [3.63, 3.8) is 0 Å². The van der Waals surface area contributed by atoms with E-state index in [1.54, 1.807) is 0 Å². The van der Waals surface area contributed by atoms with E-state index < -0.39 is 0 Å². The third-order valence-corrected chi connectivity index (χ3v) is 3.76. The van der Waals surface area contributed by atoms with E-state index in [0.717, 1.165) is 12.8 Å². The van der Waals surface area contributed by atoms with E-state index in [9.17, 15) is 4.39 Å². The maximum absolute atomic E-state index is 13.0. The molecular weight excluding hydrogens is 241 g/mol. The number of benzene rings is 1. The lowest BCUT2D eigenvalue weighted by molar-refractivity contribution is 0.253. The second-order valence-electron chi connectivity index (χ2n) is 5.64. The molecule has 1 fully saturated rings. The van der Waals surface area contributed by atoms with Gasteiger partial charge in [-0.15, -0.1) is 0 Å². The van der Waals surface area contributed by atoms with Crippen molar-refractivity contribution >= 4 is 5.96 Å². The van der Waals surface area contributed by atoms with Gasteiger partial charge in [0, 0.05) is 11.5 Å². The molecule has 0 heterocycles. The Morgan fingerprint density at radius 2 is 2.00 bits per heavy atom. The van der Waals surface area contributed by atoms with Crippen LogP contribution in [0.4, 0.5) is 4.39 Å². The number of rotatable bonds is 4. The number of nitrogens with two attached hydrogens (primary N) is 1. The monoisotopic (exact) mass is 263 g/mol. The van der Waals surface area contributed by atoms with E-state index in [0.29, 0.717) is 12.5 Å². The summed E-state index contributed by atoms with van der Waals surface area (Å²) in [4.78, 5) is 4.45. The Kier molecular flexibility index (Phi) is 4.08. The van der Waals surface area contributed by atoms with Crippen molar-refractivity contribution < 1.29 is 4.39 Å². The fraction of sp³-hybridized carbons (Fsp3) is 0.533. The summed E-state index contributed by atoms with van der Waals surface area (Å²) in [5.74, 6) is 0.297. The Balaban J connectivity index is 2.09. The molecule has 1 aromatic rings. The first-order chi connectivity index (χ1) is 9.02. The van der Waals surface area contributed by atoms with Crippen LogP contribution < -0.4 is 11.1 Å². The lowest BCUT2D eigenvalue weighted by Gasteiger charge is -2.41. The van der Waals surface area contributed by atoms with E-state index in [1.807, 2.05) is 26.0 Å². The molecule has 0 saturated heterocycles. The van der Waals surface area contributed by atoms with Gasteiger partial charge in [0.1, 0.15) is 5.82 Å². The van der Waals surface area contributed by atoms with Crippen molar-refractivity contribution in [3.05, 3.63) is 35.6 Å². The molecule has 0 bridgehead atoms. The maximum Gasteiger partial charge on any atom is 0.188 e. The Hall–Kier alpha value is -1.58. The van der Waals surface area contributed by atoms with Gasteiger partial charge in [-0.3, -0.25) is 4.99 Å². The molecule has 4 heteroatoms. The van der Waals surface area contributed by atoms with E-state index in [-0.39, 0.29) is 17.3 Å². The van der Waals surface area contributed by atoms with Gasteiger partial charge in [-0.05, 0) is 44.4 Å². The molecule has 19 heavy (non-hydrogen) atoms. The molecule has 0 amide bonds. The van der Waals surface area contributed by atoms with Crippen molar-refractivity contribution in [2.24, 2.45) is 10.7 Å². The summed E-state index contributed by atoms with van der Waals surface area (Å²) in [6.07, 6.45) is 3.39. The molecule has 0 radical (unpaired) electrons. The molecule has 0 spiro atoms. The van der Waals surface area contributed by atoms with Crippen molar-refractivity contribution in [3.8, 4) is 0 Å². The van der Waals surface area contributed by atoms with Gasteiger partial charge in [0.2, 0.25) is 0 Å².